The van der Waals surface area contributed by atoms with Gasteiger partial charge in [0.25, 0.3) is 5.91 Å². The van der Waals surface area contributed by atoms with Gasteiger partial charge in [0.05, 0.1) is 12.2 Å². The van der Waals surface area contributed by atoms with E-state index in [1.54, 1.807) is 36.7 Å². The minimum atomic E-state index is -0.257. The summed E-state index contributed by atoms with van der Waals surface area (Å²) in [7, 11) is 0. The first-order chi connectivity index (χ1) is 10.6. The first-order valence-corrected chi connectivity index (χ1v) is 7.53. The fraction of sp³-hybridized carbons (Fsp3) is 0.200. The summed E-state index contributed by atoms with van der Waals surface area (Å²) in [6.45, 7) is 4.09. The smallest absolute Gasteiger partial charge is 0.273 e. The zero-order chi connectivity index (χ0) is 15.5. The quantitative estimate of drug-likeness (QED) is 0.801. The fourth-order valence-corrected chi connectivity index (χ4v) is 2.92. The maximum absolute atomic E-state index is 12.0. The molecule has 3 heterocycles. The molecule has 0 atom stereocenters. The average Bonchev–Trinajstić information content (AvgIpc) is 3.12. The lowest BCUT2D eigenvalue weighted by molar-refractivity contribution is 0.0942. The highest BCUT2D eigenvalue weighted by Gasteiger charge is 2.13. The lowest BCUT2D eigenvalue weighted by atomic mass is 10.3. The van der Waals surface area contributed by atoms with Crippen molar-refractivity contribution in [3.8, 4) is 10.6 Å². The molecule has 0 saturated heterocycles. The second kappa shape index (κ2) is 6.07. The molecule has 0 radical (unpaired) electrons. The highest BCUT2D eigenvalue weighted by atomic mass is 32.1. The van der Waals surface area contributed by atoms with Gasteiger partial charge in [0, 0.05) is 28.9 Å². The van der Waals surface area contributed by atoms with Gasteiger partial charge in [-0.05, 0) is 26.0 Å². The molecule has 0 aliphatic heterocycles. The van der Waals surface area contributed by atoms with Crippen molar-refractivity contribution in [3.05, 3.63) is 52.6 Å². The van der Waals surface area contributed by atoms with Gasteiger partial charge in [-0.25, -0.2) is 4.98 Å². The number of hydrogen-bond acceptors (Lipinski definition) is 6. The van der Waals surface area contributed by atoms with Gasteiger partial charge in [-0.2, -0.15) is 0 Å². The monoisotopic (exact) mass is 314 g/mol. The maximum atomic E-state index is 12.0. The van der Waals surface area contributed by atoms with E-state index in [-0.39, 0.29) is 11.6 Å². The molecule has 3 aromatic rings. The van der Waals surface area contributed by atoms with E-state index in [4.69, 9.17) is 4.52 Å². The Labute approximate surface area is 131 Å². The molecule has 0 aliphatic rings. The van der Waals surface area contributed by atoms with E-state index in [9.17, 15) is 4.79 Å². The number of hydrogen-bond donors (Lipinski definition) is 1. The Bertz CT molecular complexity index is 795. The van der Waals surface area contributed by atoms with E-state index in [2.05, 4.69) is 20.4 Å². The van der Waals surface area contributed by atoms with Crippen LogP contribution < -0.4 is 5.32 Å². The van der Waals surface area contributed by atoms with Gasteiger partial charge in [0.15, 0.2) is 5.69 Å². The summed E-state index contributed by atoms with van der Waals surface area (Å²) in [5.41, 5.74) is 2.16. The Morgan fingerprint density at radius 1 is 1.41 bits per heavy atom. The van der Waals surface area contributed by atoms with Crippen molar-refractivity contribution in [1.29, 1.82) is 0 Å². The highest BCUT2D eigenvalue weighted by Crippen LogP contribution is 2.27. The van der Waals surface area contributed by atoms with Gasteiger partial charge in [-0.15, -0.1) is 11.3 Å². The first kappa shape index (κ1) is 14.4. The van der Waals surface area contributed by atoms with E-state index in [0.717, 1.165) is 21.1 Å². The van der Waals surface area contributed by atoms with Crippen LogP contribution in [-0.4, -0.2) is 21.0 Å². The number of nitrogens with one attached hydrogen (secondary N) is 1. The Kier molecular flexibility index (Phi) is 3.97. The van der Waals surface area contributed by atoms with Gasteiger partial charge in [-0.3, -0.25) is 9.78 Å². The predicted octanol–water partition coefficient (Wildman–Crippen LogP) is 2.74. The van der Waals surface area contributed by atoms with Crippen LogP contribution >= 0.6 is 11.3 Å². The van der Waals surface area contributed by atoms with E-state index in [1.165, 1.54) is 0 Å². The topological polar surface area (TPSA) is 80.9 Å². The molecule has 22 heavy (non-hydrogen) atoms. The molecule has 0 unspecified atom stereocenters. The second-order valence-corrected chi connectivity index (χ2v) is 5.86. The molecular weight excluding hydrogens is 300 g/mol. The molecule has 7 heteroatoms. The predicted molar refractivity (Wildman–Crippen MR) is 82.5 cm³/mol. The minimum Gasteiger partial charge on any atom is -0.361 e. The van der Waals surface area contributed by atoms with Crippen LogP contribution in [0.3, 0.4) is 0 Å². The molecule has 6 nitrogen and oxygen atoms in total. The average molecular weight is 314 g/mol. The number of thiazole rings is 1. The van der Waals surface area contributed by atoms with Gasteiger partial charge >= 0.3 is 0 Å². The molecule has 0 spiro atoms. The third-order valence-corrected chi connectivity index (χ3v) is 4.28. The zero-order valence-electron chi connectivity index (χ0n) is 12.2. The number of rotatable bonds is 4. The molecule has 1 amide bonds. The van der Waals surface area contributed by atoms with E-state index in [1.807, 2.05) is 19.1 Å². The zero-order valence-corrected chi connectivity index (χ0v) is 13.0. The summed E-state index contributed by atoms with van der Waals surface area (Å²) in [5, 5.41) is 7.42. The maximum Gasteiger partial charge on any atom is 0.273 e. The summed E-state index contributed by atoms with van der Waals surface area (Å²) < 4.78 is 4.90. The number of carbonyl (C=O) groups is 1. The number of carbonyl (C=O) groups excluding carboxylic acids is 1. The van der Waals surface area contributed by atoms with E-state index >= 15 is 0 Å². The highest BCUT2D eigenvalue weighted by molar-refractivity contribution is 7.15. The second-order valence-electron chi connectivity index (χ2n) is 4.77. The van der Waals surface area contributed by atoms with Crippen LogP contribution in [0.5, 0.6) is 0 Å². The van der Waals surface area contributed by atoms with E-state index in [0.29, 0.717) is 12.3 Å². The van der Waals surface area contributed by atoms with Crippen molar-refractivity contribution in [2.24, 2.45) is 0 Å². The Morgan fingerprint density at radius 2 is 2.27 bits per heavy atom. The minimum absolute atomic E-state index is 0.257. The third-order valence-electron chi connectivity index (χ3n) is 3.07. The van der Waals surface area contributed by atoms with Crippen molar-refractivity contribution in [1.82, 2.24) is 20.4 Å². The molecule has 0 fully saturated rings. The summed E-state index contributed by atoms with van der Waals surface area (Å²) >= 11 is 1.55. The van der Waals surface area contributed by atoms with Crippen LogP contribution in [0.25, 0.3) is 10.6 Å². The first-order valence-electron chi connectivity index (χ1n) is 6.71. The number of pyridine rings is 1. The van der Waals surface area contributed by atoms with Gasteiger partial charge in [0.1, 0.15) is 10.8 Å². The number of amides is 1. The molecular formula is C15H14N4O2S. The Hall–Kier alpha value is -2.54. The van der Waals surface area contributed by atoms with Crippen LogP contribution in [0.15, 0.2) is 35.1 Å². The van der Waals surface area contributed by atoms with E-state index < -0.39 is 0 Å². The Balaban J connectivity index is 1.71. The van der Waals surface area contributed by atoms with Crippen LogP contribution in [0.1, 0.15) is 26.8 Å². The van der Waals surface area contributed by atoms with Crippen LogP contribution in [-0.2, 0) is 6.54 Å². The molecule has 3 rings (SSSR count). The third kappa shape index (κ3) is 3.04. The van der Waals surface area contributed by atoms with Crippen LogP contribution in [0, 0.1) is 13.8 Å². The molecule has 0 aliphatic carbocycles. The lowest BCUT2D eigenvalue weighted by Gasteiger charge is -2.00. The van der Waals surface area contributed by atoms with Crippen molar-refractivity contribution in [3.63, 3.8) is 0 Å². The SMILES string of the molecule is Cc1cc(C(=O)NCc2sc(-c3cccnc3)nc2C)no1. The van der Waals surface area contributed by atoms with Crippen molar-refractivity contribution >= 4 is 17.2 Å². The number of nitrogens with zero attached hydrogens (tertiary/aromatic N) is 3. The molecule has 1 N–H and O–H groups in total. The summed E-state index contributed by atoms with van der Waals surface area (Å²) in [6.07, 6.45) is 3.50. The van der Waals surface area contributed by atoms with Gasteiger partial charge in [-0.1, -0.05) is 5.16 Å². The number of aromatic nitrogens is 3. The normalized spacial score (nSPS) is 10.6. The lowest BCUT2D eigenvalue weighted by Crippen LogP contribution is -2.22. The largest absolute Gasteiger partial charge is 0.361 e. The van der Waals surface area contributed by atoms with Crippen molar-refractivity contribution in [2.75, 3.05) is 0 Å². The van der Waals surface area contributed by atoms with Gasteiger partial charge in [0.2, 0.25) is 0 Å². The molecule has 0 saturated carbocycles. The summed E-state index contributed by atoms with van der Waals surface area (Å²) in [4.78, 5) is 21.6. The Morgan fingerprint density at radius 3 is 2.95 bits per heavy atom. The van der Waals surface area contributed by atoms with Crippen LogP contribution in [0.2, 0.25) is 0 Å². The number of aryl methyl sites for hydroxylation is 2. The standard InChI is InChI=1S/C15H14N4O2S/c1-9-6-12(19-21-9)14(20)17-8-13-10(2)18-15(22-13)11-4-3-5-16-7-11/h3-7H,8H2,1-2H3,(H,17,20). The fourth-order valence-electron chi connectivity index (χ4n) is 1.93. The molecule has 0 bridgehead atoms. The van der Waals surface area contributed by atoms with Gasteiger partial charge < -0.3 is 9.84 Å². The van der Waals surface area contributed by atoms with Crippen molar-refractivity contribution in [2.45, 2.75) is 20.4 Å². The van der Waals surface area contributed by atoms with Crippen molar-refractivity contribution < 1.29 is 9.32 Å². The summed E-state index contributed by atoms with van der Waals surface area (Å²) in [6, 6.07) is 5.45. The molecule has 0 aromatic carbocycles. The molecule has 112 valence electrons. The van der Waals surface area contributed by atoms with Crippen LogP contribution in [0.4, 0.5) is 0 Å². The molecule has 3 aromatic heterocycles. The summed E-state index contributed by atoms with van der Waals surface area (Å²) in [5.74, 6) is 0.352.